The van der Waals surface area contributed by atoms with E-state index in [9.17, 15) is 24.0 Å². The second-order valence-electron chi connectivity index (χ2n) is 18.6. The van der Waals surface area contributed by atoms with E-state index in [1.165, 1.54) is 27.9 Å². The Balaban J connectivity index is 1.27. The lowest BCUT2D eigenvalue weighted by atomic mass is 9.84. The molecule has 3 aliphatic heterocycles. The van der Waals surface area contributed by atoms with Crippen LogP contribution in [0.25, 0.3) is 33.3 Å². The Hall–Kier alpha value is -6.06. The van der Waals surface area contributed by atoms with Gasteiger partial charge in [-0.3, -0.25) is 34.1 Å². The van der Waals surface area contributed by atoms with Gasteiger partial charge in [-0.2, -0.15) is 0 Å². The fraction of sp³-hybridized carbons (Fsp3) is 0.480. The van der Waals surface area contributed by atoms with Gasteiger partial charge < -0.3 is 29.0 Å². The number of ether oxygens (including phenoxy) is 3. The molecule has 15 nitrogen and oxygen atoms in total. The van der Waals surface area contributed by atoms with Crippen molar-refractivity contribution in [3.05, 3.63) is 90.3 Å². The van der Waals surface area contributed by atoms with E-state index >= 15 is 0 Å². The molecule has 0 spiro atoms. The molecule has 7 rings (SSSR count). The standard InChI is InChI=1S/C50H63N7O8/c1-10-42(58)55-27-35(28-55)65-49(62)54(8)44(30(3)4)46(59)52-40-24-32-15-12-16-33(23-32)34-19-20-41-37(25-34)38(45(56(41)11-2)36-17-13-21-51-43(36)31(5)63-9)26-50(6,7)29-64-48(61)39-18-14-22-57(53-39)47(40)60/h10,12-13,15-17,19-21,23,25,30-31,35,39-40,44,53H,1,11,14,18,22,24,26-29H2,2-9H3,(H,52,59)/t31-,39-,40-,44-/m0/s1. The molecule has 0 saturated carbocycles. The molecule has 4 aromatic rings. The van der Waals surface area contributed by atoms with Crippen molar-refractivity contribution < 1.29 is 38.2 Å². The van der Waals surface area contributed by atoms with Gasteiger partial charge in [0.25, 0.3) is 5.91 Å². The summed E-state index contributed by atoms with van der Waals surface area (Å²) in [7, 11) is 3.18. The number of esters is 1. The van der Waals surface area contributed by atoms with Crippen molar-refractivity contribution >= 4 is 40.7 Å². The average Bonchev–Trinajstić information content (AvgIpc) is 3.59. The molecular weight excluding hydrogens is 827 g/mol. The van der Waals surface area contributed by atoms with Gasteiger partial charge in [-0.1, -0.05) is 64.6 Å². The number of likely N-dealkylation sites (tertiary alicyclic amines) is 1. The second-order valence-corrected chi connectivity index (χ2v) is 18.6. The molecule has 0 unspecified atom stereocenters. The number of carbonyl (C=O) groups excluding carboxylic acids is 5. The van der Waals surface area contributed by atoms with Gasteiger partial charge in [0.1, 0.15) is 24.2 Å². The lowest BCUT2D eigenvalue weighted by Gasteiger charge is -2.39. The molecule has 6 bridgehead atoms. The van der Waals surface area contributed by atoms with Crippen molar-refractivity contribution in [2.24, 2.45) is 11.3 Å². The average molecular weight is 890 g/mol. The number of carbonyl (C=O) groups is 5. The third kappa shape index (κ3) is 9.96. The van der Waals surface area contributed by atoms with E-state index in [4.69, 9.17) is 19.2 Å². The largest absolute Gasteiger partial charge is 0.464 e. The highest BCUT2D eigenvalue weighted by Gasteiger charge is 2.40. The van der Waals surface area contributed by atoms with Crippen molar-refractivity contribution in [3.63, 3.8) is 0 Å². The number of hydrogen-bond donors (Lipinski definition) is 2. The first-order chi connectivity index (χ1) is 31.0. The second kappa shape index (κ2) is 19.6. The van der Waals surface area contributed by atoms with Gasteiger partial charge in [0.2, 0.25) is 11.8 Å². The zero-order valence-corrected chi connectivity index (χ0v) is 38.9. The fourth-order valence-electron chi connectivity index (χ4n) is 9.33. The normalized spacial score (nSPS) is 20.0. The predicted octanol–water partition coefficient (Wildman–Crippen LogP) is 6.24. The van der Waals surface area contributed by atoms with E-state index in [-0.39, 0.29) is 44.0 Å². The molecule has 65 heavy (non-hydrogen) atoms. The molecule has 2 aromatic carbocycles. The van der Waals surface area contributed by atoms with Crippen molar-refractivity contribution in [1.82, 2.24) is 35.1 Å². The third-order valence-corrected chi connectivity index (χ3v) is 12.8. The number of aryl methyl sites for hydroxylation is 1. The number of cyclic esters (lactones) is 1. The number of benzene rings is 2. The lowest BCUT2D eigenvalue weighted by Crippen LogP contribution is -2.62. The Labute approximate surface area is 381 Å². The quantitative estimate of drug-likeness (QED) is 0.138. The van der Waals surface area contributed by atoms with Crippen LogP contribution >= 0.6 is 0 Å². The maximum Gasteiger partial charge on any atom is 0.410 e. The van der Waals surface area contributed by atoms with Gasteiger partial charge in [-0.05, 0) is 91.6 Å². The number of pyridine rings is 1. The summed E-state index contributed by atoms with van der Waals surface area (Å²) >= 11 is 0. The summed E-state index contributed by atoms with van der Waals surface area (Å²) in [4.78, 5) is 75.8. The number of hydrazine groups is 1. The van der Waals surface area contributed by atoms with Crippen molar-refractivity contribution in [2.45, 2.75) is 104 Å². The number of fused-ring (bicyclic) bond motifs is 6. The maximum atomic E-state index is 14.6. The molecule has 15 heteroatoms. The highest BCUT2D eigenvalue weighted by Crippen LogP contribution is 2.42. The Bertz CT molecular complexity index is 2460. The van der Waals surface area contributed by atoms with E-state index in [0.717, 1.165) is 50.1 Å². The smallest absolute Gasteiger partial charge is 0.410 e. The van der Waals surface area contributed by atoms with Crippen LogP contribution in [0.5, 0.6) is 0 Å². The molecule has 5 heterocycles. The van der Waals surface area contributed by atoms with Crippen LogP contribution in [0.2, 0.25) is 0 Å². The van der Waals surface area contributed by atoms with Crippen molar-refractivity contribution in [1.29, 1.82) is 0 Å². The summed E-state index contributed by atoms with van der Waals surface area (Å²) in [6, 6.07) is 15.6. The number of hydrogen-bond acceptors (Lipinski definition) is 10. The van der Waals surface area contributed by atoms with Gasteiger partial charge >= 0.3 is 12.1 Å². The first-order valence-corrected chi connectivity index (χ1v) is 22.7. The summed E-state index contributed by atoms with van der Waals surface area (Å²) in [6.45, 7) is 17.1. The van der Waals surface area contributed by atoms with Gasteiger partial charge in [0, 0.05) is 61.7 Å². The fourth-order valence-corrected chi connectivity index (χ4v) is 9.33. The molecule has 0 aliphatic carbocycles. The summed E-state index contributed by atoms with van der Waals surface area (Å²) in [5.41, 5.74) is 10.4. The minimum absolute atomic E-state index is 0.124. The first kappa shape index (κ1) is 46.9. The Morgan fingerprint density at radius 1 is 1.08 bits per heavy atom. The van der Waals surface area contributed by atoms with Crippen molar-refractivity contribution in [3.8, 4) is 22.4 Å². The van der Waals surface area contributed by atoms with Crippen LogP contribution in [0.1, 0.15) is 77.3 Å². The Morgan fingerprint density at radius 2 is 1.83 bits per heavy atom. The zero-order valence-electron chi connectivity index (χ0n) is 38.9. The predicted molar refractivity (Wildman–Crippen MR) is 247 cm³/mol. The number of nitrogens with zero attached hydrogens (tertiary/aromatic N) is 5. The first-order valence-electron chi connectivity index (χ1n) is 22.7. The van der Waals surface area contributed by atoms with Gasteiger partial charge in [0.05, 0.1) is 37.2 Å². The van der Waals surface area contributed by atoms with Crippen molar-refractivity contribution in [2.75, 3.05) is 40.4 Å². The molecule has 2 N–H and O–H groups in total. The van der Waals surface area contributed by atoms with Crippen LogP contribution in [0.3, 0.4) is 0 Å². The van der Waals surface area contributed by atoms with Crippen LogP contribution < -0.4 is 10.7 Å². The number of rotatable bonds is 10. The molecule has 4 amide bonds. The lowest BCUT2D eigenvalue weighted by molar-refractivity contribution is -0.155. The third-order valence-electron chi connectivity index (χ3n) is 12.8. The number of aromatic nitrogens is 2. The highest BCUT2D eigenvalue weighted by atomic mass is 16.6. The SMILES string of the molecule is C=CC(=O)N1CC(OC(=O)N(C)[C@H](C(=O)N[C@H]2Cc3cccc(c3)-c3ccc4c(c3)c(c(-c3cccnc3[C@H](C)OC)n4CC)CC(C)(C)COC(=O)[C@@H]3CCCN(N3)C2=O)C(C)C)C1. The minimum atomic E-state index is -1.08. The van der Waals surface area contributed by atoms with Crippen LogP contribution in [-0.4, -0.2) is 119 Å². The van der Waals surface area contributed by atoms with Crippen LogP contribution in [0.15, 0.2) is 73.4 Å². The van der Waals surface area contributed by atoms with E-state index in [1.54, 1.807) is 13.3 Å². The van der Waals surface area contributed by atoms with Crippen LogP contribution in [0, 0.1) is 11.3 Å². The molecular formula is C50H63N7O8. The zero-order chi connectivity index (χ0) is 46.7. The van der Waals surface area contributed by atoms with Crippen LogP contribution in [0.4, 0.5) is 4.79 Å². The molecule has 346 valence electrons. The number of methoxy groups -OCH3 is 1. The molecule has 2 aromatic heterocycles. The molecule has 2 fully saturated rings. The topological polar surface area (TPSA) is 165 Å². The maximum absolute atomic E-state index is 14.6. The summed E-state index contributed by atoms with van der Waals surface area (Å²) in [5, 5.41) is 5.49. The number of nitrogens with one attached hydrogen (secondary N) is 2. The van der Waals surface area contributed by atoms with E-state index < -0.39 is 53.5 Å². The number of amides is 4. The van der Waals surface area contributed by atoms with E-state index in [2.05, 4.69) is 66.9 Å². The molecule has 3 aliphatic rings. The summed E-state index contributed by atoms with van der Waals surface area (Å²) in [5.74, 6) is -2.03. The Kier molecular flexibility index (Phi) is 14.1. The van der Waals surface area contributed by atoms with Crippen LogP contribution in [-0.2, 0) is 52.8 Å². The summed E-state index contributed by atoms with van der Waals surface area (Å²) in [6.07, 6.45) is 3.21. The van der Waals surface area contributed by atoms with Gasteiger partial charge in [-0.15, -0.1) is 0 Å². The summed E-state index contributed by atoms with van der Waals surface area (Å²) < 4.78 is 19.9. The monoisotopic (exact) mass is 889 g/mol. The van der Waals surface area contributed by atoms with Gasteiger partial charge in [0.15, 0.2) is 0 Å². The number of likely N-dealkylation sites (N-methyl/N-ethyl adjacent to an activating group) is 1. The highest BCUT2D eigenvalue weighted by molar-refractivity contribution is 5.96. The molecule has 2 saturated heterocycles. The Morgan fingerprint density at radius 3 is 2.54 bits per heavy atom. The molecule has 0 radical (unpaired) electrons. The molecule has 4 atom stereocenters. The minimum Gasteiger partial charge on any atom is -0.464 e. The van der Waals surface area contributed by atoms with E-state index in [1.807, 2.05) is 51.1 Å². The van der Waals surface area contributed by atoms with E-state index in [0.29, 0.717) is 32.4 Å². The van der Waals surface area contributed by atoms with Gasteiger partial charge in [-0.25, -0.2) is 10.2 Å².